The molecule has 4 nitrogen and oxygen atoms in total. The van der Waals surface area contributed by atoms with E-state index in [0.717, 1.165) is 5.39 Å². The van der Waals surface area contributed by atoms with Gasteiger partial charge in [0.05, 0.1) is 9.79 Å². The number of rotatable bonds is 3. The largest absolute Gasteiger partial charge is 0.262 e. The van der Waals surface area contributed by atoms with E-state index in [4.69, 9.17) is 10.7 Å². The standard InChI is InChI=1S/C17H13ClO4S2/c1-12-9-10-16(24(18,21)22)17(11-12)23(19,20)15-8-4-6-13-5-2-3-7-14(13)15/h2-11H,1H3. The molecule has 0 spiro atoms. The maximum absolute atomic E-state index is 13.1. The zero-order valence-electron chi connectivity index (χ0n) is 12.6. The summed E-state index contributed by atoms with van der Waals surface area (Å²) >= 11 is 0. The Morgan fingerprint density at radius 1 is 0.750 bits per heavy atom. The van der Waals surface area contributed by atoms with Crippen molar-refractivity contribution >= 4 is 40.3 Å². The normalized spacial score (nSPS) is 12.4. The zero-order chi connectivity index (χ0) is 17.5. The quantitative estimate of drug-likeness (QED) is 0.646. The van der Waals surface area contributed by atoms with Gasteiger partial charge in [-0.1, -0.05) is 42.5 Å². The molecule has 3 rings (SSSR count). The lowest BCUT2D eigenvalue weighted by Crippen LogP contribution is -2.08. The van der Waals surface area contributed by atoms with Crippen molar-refractivity contribution in [1.82, 2.24) is 0 Å². The van der Waals surface area contributed by atoms with E-state index in [2.05, 4.69) is 0 Å². The number of fused-ring (bicyclic) bond motifs is 1. The first-order valence-electron chi connectivity index (χ1n) is 6.99. The van der Waals surface area contributed by atoms with Gasteiger partial charge in [0.1, 0.15) is 4.90 Å². The van der Waals surface area contributed by atoms with Gasteiger partial charge in [0.2, 0.25) is 9.84 Å². The summed E-state index contributed by atoms with van der Waals surface area (Å²) in [6.45, 7) is 1.69. The predicted molar refractivity (Wildman–Crippen MR) is 93.6 cm³/mol. The summed E-state index contributed by atoms with van der Waals surface area (Å²) in [6, 6.07) is 16.0. The third-order valence-electron chi connectivity index (χ3n) is 3.69. The van der Waals surface area contributed by atoms with Crippen LogP contribution in [-0.4, -0.2) is 16.8 Å². The number of sulfone groups is 1. The fourth-order valence-electron chi connectivity index (χ4n) is 2.58. The lowest BCUT2D eigenvalue weighted by atomic mass is 10.1. The zero-order valence-corrected chi connectivity index (χ0v) is 15.0. The second-order valence-corrected chi connectivity index (χ2v) is 9.79. The first-order valence-corrected chi connectivity index (χ1v) is 10.8. The summed E-state index contributed by atoms with van der Waals surface area (Å²) in [5, 5.41) is 1.28. The molecule has 0 aliphatic rings. The molecule has 7 heteroatoms. The first-order chi connectivity index (χ1) is 11.2. The summed E-state index contributed by atoms with van der Waals surface area (Å²) in [7, 11) is -2.83. The number of halogens is 1. The molecule has 0 fully saturated rings. The van der Waals surface area contributed by atoms with Crippen LogP contribution in [0.15, 0.2) is 75.4 Å². The second-order valence-electron chi connectivity index (χ2n) is 5.37. The van der Waals surface area contributed by atoms with Gasteiger partial charge in [-0.3, -0.25) is 0 Å². The Bertz CT molecular complexity index is 1140. The third kappa shape index (κ3) is 2.92. The lowest BCUT2D eigenvalue weighted by molar-refractivity contribution is 0.588. The highest BCUT2D eigenvalue weighted by atomic mass is 35.7. The van der Waals surface area contributed by atoms with E-state index in [1.807, 2.05) is 0 Å². The maximum Gasteiger partial charge on any atom is 0.262 e. The smallest absolute Gasteiger partial charge is 0.218 e. The SMILES string of the molecule is Cc1ccc(S(=O)(=O)Cl)c(S(=O)(=O)c2cccc3ccccc23)c1. The monoisotopic (exact) mass is 380 g/mol. The molecule has 124 valence electrons. The minimum absolute atomic E-state index is 0.0489. The van der Waals surface area contributed by atoms with E-state index in [9.17, 15) is 16.8 Å². The van der Waals surface area contributed by atoms with E-state index in [1.165, 1.54) is 24.3 Å². The van der Waals surface area contributed by atoms with Crippen molar-refractivity contribution in [2.75, 3.05) is 0 Å². The molecular weight excluding hydrogens is 368 g/mol. The van der Waals surface area contributed by atoms with Gasteiger partial charge in [0.15, 0.2) is 0 Å². The maximum atomic E-state index is 13.1. The van der Waals surface area contributed by atoms with Gasteiger partial charge in [0.25, 0.3) is 9.05 Å². The number of aryl methyl sites for hydroxylation is 1. The minimum Gasteiger partial charge on any atom is -0.218 e. The Hall–Kier alpha value is -1.89. The highest BCUT2D eigenvalue weighted by Crippen LogP contribution is 2.33. The fraction of sp³-hybridized carbons (Fsp3) is 0.0588. The van der Waals surface area contributed by atoms with Crippen LogP contribution in [0.4, 0.5) is 0 Å². The van der Waals surface area contributed by atoms with Gasteiger partial charge >= 0.3 is 0 Å². The highest BCUT2D eigenvalue weighted by Gasteiger charge is 2.28. The van der Waals surface area contributed by atoms with E-state index in [-0.39, 0.29) is 9.79 Å². The summed E-state index contributed by atoms with van der Waals surface area (Å²) < 4.78 is 49.9. The van der Waals surface area contributed by atoms with Crippen molar-refractivity contribution in [3.63, 3.8) is 0 Å². The Morgan fingerprint density at radius 2 is 1.42 bits per heavy atom. The van der Waals surface area contributed by atoms with Crippen molar-refractivity contribution in [2.45, 2.75) is 21.6 Å². The van der Waals surface area contributed by atoms with Gasteiger partial charge < -0.3 is 0 Å². The second kappa shape index (κ2) is 5.88. The van der Waals surface area contributed by atoms with Gasteiger partial charge in [-0.25, -0.2) is 16.8 Å². The van der Waals surface area contributed by atoms with Crippen LogP contribution in [0.5, 0.6) is 0 Å². The van der Waals surface area contributed by atoms with Gasteiger partial charge in [-0.2, -0.15) is 0 Å². The molecule has 24 heavy (non-hydrogen) atoms. The van der Waals surface area contributed by atoms with Crippen LogP contribution in [0.1, 0.15) is 5.56 Å². The molecule has 0 N–H and O–H groups in total. The van der Waals surface area contributed by atoms with Crippen LogP contribution < -0.4 is 0 Å². The van der Waals surface area contributed by atoms with Gasteiger partial charge in [-0.15, -0.1) is 0 Å². The van der Waals surface area contributed by atoms with Crippen molar-refractivity contribution < 1.29 is 16.8 Å². The Kier molecular flexibility index (Phi) is 4.15. The Morgan fingerprint density at radius 3 is 2.12 bits per heavy atom. The topological polar surface area (TPSA) is 68.3 Å². The van der Waals surface area contributed by atoms with Crippen molar-refractivity contribution in [1.29, 1.82) is 0 Å². The van der Waals surface area contributed by atoms with Crippen molar-refractivity contribution in [2.24, 2.45) is 0 Å². The molecule has 0 aliphatic heterocycles. The molecule has 0 aliphatic carbocycles. The van der Waals surface area contributed by atoms with Gasteiger partial charge in [-0.05, 0) is 36.1 Å². The summed E-state index contributed by atoms with van der Waals surface area (Å²) in [5.74, 6) is 0. The minimum atomic E-state index is -4.20. The summed E-state index contributed by atoms with van der Waals surface area (Å²) in [5.41, 5.74) is 0.623. The molecule has 0 aromatic heterocycles. The van der Waals surface area contributed by atoms with Crippen molar-refractivity contribution in [3.05, 3.63) is 66.2 Å². The molecule has 0 heterocycles. The molecule has 0 unspecified atom stereocenters. The van der Waals surface area contributed by atoms with Crippen LogP contribution in [0.3, 0.4) is 0 Å². The number of benzene rings is 3. The number of hydrogen-bond donors (Lipinski definition) is 0. The first kappa shape index (κ1) is 17.0. The molecule has 0 saturated heterocycles. The molecule has 0 saturated carbocycles. The summed E-state index contributed by atoms with van der Waals surface area (Å²) in [6.07, 6.45) is 0. The fourth-order valence-corrected chi connectivity index (χ4v) is 5.95. The van der Waals surface area contributed by atoms with E-state index in [0.29, 0.717) is 10.9 Å². The van der Waals surface area contributed by atoms with Crippen LogP contribution in [0.25, 0.3) is 10.8 Å². The van der Waals surface area contributed by atoms with Crippen molar-refractivity contribution in [3.8, 4) is 0 Å². The van der Waals surface area contributed by atoms with Crippen LogP contribution in [0, 0.1) is 6.92 Å². The number of hydrogen-bond acceptors (Lipinski definition) is 4. The van der Waals surface area contributed by atoms with E-state index in [1.54, 1.807) is 43.3 Å². The Labute approximate surface area is 145 Å². The average molecular weight is 381 g/mol. The molecule has 3 aromatic rings. The molecule has 0 amide bonds. The predicted octanol–water partition coefficient (Wildman–Crippen LogP) is 3.91. The third-order valence-corrected chi connectivity index (χ3v) is 7.05. The molecular formula is C17H13ClO4S2. The molecule has 0 bridgehead atoms. The molecule has 0 radical (unpaired) electrons. The molecule has 0 atom stereocenters. The van der Waals surface area contributed by atoms with Crippen LogP contribution >= 0.6 is 10.7 Å². The highest BCUT2D eigenvalue weighted by molar-refractivity contribution is 8.14. The van der Waals surface area contributed by atoms with Gasteiger partial charge in [0, 0.05) is 16.1 Å². The Balaban J connectivity index is 2.39. The van der Waals surface area contributed by atoms with Crippen LogP contribution in [0.2, 0.25) is 0 Å². The summed E-state index contributed by atoms with van der Waals surface area (Å²) in [4.78, 5) is -0.677. The van der Waals surface area contributed by atoms with Crippen LogP contribution in [-0.2, 0) is 18.9 Å². The lowest BCUT2D eigenvalue weighted by Gasteiger charge is -2.12. The molecule has 3 aromatic carbocycles. The van der Waals surface area contributed by atoms with E-state index < -0.39 is 23.8 Å². The average Bonchev–Trinajstić information content (AvgIpc) is 2.53. The van der Waals surface area contributed by atoms with E-state index >= 15 is 0 Å².